The molecule has 0 spiro atoms. The van der Waals surface area contributed by atoms with E-state index in [4.69, 9.17) is 4.74 Å². The Kier molecular flexibility index (Phi) is 35.2. The van der Waals surface area contributed by atoms with Gasteiger partial charge in [-0.1, -0.05) is 0 Å². The normalized spacial score (nSPS) is 6.00. The summed E-state index contributed by atoms with van der Waals surface area (Å²) in [6.07, 6.45) is 0. The van der Waals surface area contributed by atoms with Crippen LogP contribution in [0, 0.1) is 0 Å². The fourth-order valence-corrected chi connectivity index (χ4v) is 0.204. The Bertz CT molecular complexity index is 26.0. The van der Waals surface area contributed by atoms with E-state index in [1.54, 1.807) is 0 Å². The Labute approximate surface area is 74.7 Å². The third-order valence-electron chi connectivity index (χ3n) is 0.408. The molecule has 0 rings (SSSR count). The fourth-order valence-electron chi connectivity index (χ4n) is 0.204. The minimum absolute atomic E-state index is 0. The summed E-state index contributed by atoms with van der Waals surface area (Å²) in [6, 6.07) is 0. The Balaban J connectivity index is -0.0000000133. The van der Waals surface area contributed by atoms with Crippen LogP contribution in [0.25, 0.3) is 0 Å². The van der Waals surface area contributed by atoms with E-state index in [9.17, 15) is 0 Å². The molecule has 0 aliphatic carbocycles. The van der Waals surface area contributed by atoms with Crippen LogP contribution in [0.4, 0.5) is 0 Å². The van der Waals surface area contributed by atoms with Gasteiger partial charge in [0, 0.05) is 13.2 Å². The first kappa shape index (κ1) is 15.7. The molecule has 0 aromatic carbocycles. The largest absolute Gasteiger partial charge is 2.00 e. The van der Waals surface area contributed by atoms with Crippen LogP contribution >= 0.6 is 17.0 Å². The maximum atomic E-state index is 4.83. The summed E-state index contributed by atoms with van der Waals surface area (Å²) < 4.78 is 4.83. The molecular weight excluding hydrogens is 168 g/mol. The predicted octanol–water partition coefficient (Wildman–Crippen LogP) is 1.46. The van der Waals surface area contributed by atoms with Gasteiger partial charge in [-0.15, -0.1) is 17.0 Å². The maximum Gasteiger partial charge on any atom is 2.00 e. The van der Waals surface area contributed by atoms with Crippen LogP contribution in [0.1, 0.15) is 16.7 Å². The van der Waals surface area contributed by atoms with Crippen LogP contribution < -0.4 is 0 Å². The molecule has 1 nitrogen and oxygen atoms in total. The van der Waals surface area contributed by atoms with Crippen LogP contribution in [0.5, 0.6) is 0 Å². The van der Waals surface area contributed by atoms with Crippen molar-refractivity contribution in [2.24, 2.45) is 0 Å². The quantitative estimate of drug-likeness (QED) is 0.586. The molecule has 0 aromatic rings. The minimum atomic E-state index is 0. The zero-order valence-electron chi connectivity index (χ0n) is 6.94. The van der Waals surface area contributed by atoms with Crippen molar-refractivity contribution < 1.29 is 7.59 Å². The van der Waals surface area contributed by atoms with Crippen LogP contribution in [-0.2, 0) is 4.74 Å². The van der Waals surface area contributed by atoms with Crippen molar-refractivity contribution in [1.29, 1.82) is 0 Å². The van der Waals surface area contributed by atoms with Gasteiger partial charge >= 0.3 is 23.1 Å². The molecule has 7 heavy (non-hydrogen) atoms. The van der Waals surface area contributed by atoms with Gasteiger partial charge in [0.2, 0.25) is 0 Å². The van der Waals surface area contributed by atoms with Crippen LogP contribution in [0.15, 0.2) is 0 Å². The second kappa shape index (κ2) is 15.7. The summed E-state index contributed by atoms with van der Waals surface area (Å²) in [5.74, 6) is 0. The van der Waals surface area contributed by atoms with Crippen molar-refractivity contribution in [3.05, 3.63) is 0 Å². The summed E-state index contributed by atoms with van der Waals surface area (Å²) in [4.78, 5) is 0. The molecule has 0 aliphatic rings. The van der Waals surface area contributed by atoms with Gasteiger partial charge in [-0.3, -0.25) is 0 Å². The zero-order chi connectivity index (χ0) is 4.12. The van der Waals surface area contributed by atoms with Gasteiger partial charge in [-0.05, 0) is 13.8 Å². The molecule has 0 radical (unpaired) electrons. The summed E-state index contributed by atoms with van der Waals surface area (Å²) >= 11 is 0. The zero-order valence-corrected chi connectivity index (χ0v) is 8.07. The molecule has 0 aliphatic heterocycles. The standard InChI is InChI=1S/C4H10O.BrH.Mg.2H/c1-3-5-4-2;;;;/h3-4H2,1-2H3;1H;;;/q;;+2;2*-1. The Hall–Kier alpha value is 1.21. The number of rotatable bonds is 2. The van der Waals surface area contributed by atoms with Gasteiger partial charge in [0.1, 0.15) is 0 Å². The number of hydrogen-bond donors (Lipinski definition) is 0. The van der Waals surface area contributed by atoms with Crippen molar-refractivity contribution in [2.45, 2.75) is 13.8 Å². The molecule has 44 valence electrons. The van der Waals surface area contributed by atoms with Crippen molar-refractivity contribution in [3.8, 4) is 0 Å². The van der Waals surface area contributed by atoms with E-state index in [0.29, 0.717) is 0 Å². The molecule has 0 saturated heterocycles. The van der Waals surface area contributed by atoms with Crippen LogP contribution in [0.3, 0.4) is 0 Å². The number of halogens is 1. The minimum Gasteiger partial charge on any atom is -1.00 e. The third-order valence-corrected chi connectivity index (χ3v) is 0.408. The average Bonchev–Trinajstić information content (AvgIpc) is 1.41. The van der Waals surface area contributed by atoms with Crippen molar-refractivity contribution in [1.82, 2.24) is 0 Å². The van der Waals surface area contributed by atoms with Gasteiger partial charge in [0.25, 0.3) is 0 Å². The molecule has 0 aromatic heterocycles. The first-order valence-corrected chi connectivity index (χ1v) is 1.99. The van der Waals surface area contributed by atoms with Crippen molar-refractivity contribution >= 4 is 40.0 Å². The second-order valence-corrected chi connectivity index (χ2v) is 0.781. The summed E-state index contributed by atoms with van der Waals surface area (Å²) in [5.41, 5.74) is 0. The Morgan fingerprint density at radius 1 is 1.29 bits per heavy atom. The van der Waals surface area contributed by atoms with Gasteiger partial charge in [0.05, 0.1) is 0 Å². The topological polar surface area (TPSA) is 9.23 Å². The predicted molar refractivity (Wildman–Crippen MR) is 40.5 cm³/mol. The monoisotopic (exact) mass is 180 g/mol. The van der Waals surface area contributed by atoms with E-state index in [-0.39, 0.29) is 42.9 Å². The molecule has 0 heterocycles. The first-order valence-electron chi connectivity index (χ1n) is 1.99. The molecular formula is C4H13BrMgO. The molecule has 3 heteroatoms. The Morgan fingerprint density at radius 3 is 1.57 bits per heavy atom. The SMILES string of the molecule is Br.CCOCC.[H-].[H-].[Mg+2]. The molecule has 0 N–H and O–H groups in total. The number of hydrogen-bond acceptors (Lipinski definition) is 1. The molecule has 0 amide bonds. The van der Waals surface area contributed by atoms with E-state index >= 15 is 0 Å². The summed E-state index contributed by atoms with van der Waals surface area (Å²) in [6.45, 7) is 5.67. The molecule has 0 bridgehead atoms. The molecule has 0 unspecified atom stereocenters. The first-order chi connectivity index (χ1) is 2.41. The maximum absolute atomic E-state index is 4.83. The molecule has 0 atom stereocenters. The van der Waals surface area contributed by atoms with Gasteiger partial charge in [-0.25, -0.2) is 0 Å². The molecule has 0 saturated carbocycles. The Morgan fingerprint density at radius 2 is 1.57 bits per heavy atom. The summed E-state index contributed by atoms with van der Waals surface area (Å²) in [7, 11) is 0. The smallest absolute Gasteiger partial charge is 1.00 e. The second-order valence-electron chi connectivity index (χ2n) is 0.781. The fraction of sp³-hybridized carbons (Fsp3) is 1.00. The summed E-state index contributed by atoms with van der Waals surface area (Å²) in [5, 5.41) is 0. The van der Waals surface area contributed by atoms with Crippen molar-refractivity contribution in [2.75, 3.05) is 13.2 Å². The van der Waals surface area contributed by atoms with E-state index in [1.807, 2.05) is 13.8 Å². The van der Waals surface area contributed by atoms with Crippen molar-refractivity contribution in [3.63, 3.8) is 0 Å². The average molecular weight is 181 g/mol. The van der Waals surface area contributed by atoms with Gasteiger partial charge < -0.3 is 7.59 Å². The van der Waals surface area contributed by atoms with Gasteiger partial charge in [-0.2, -0.15) is 0 Å². The van der Waals surface area contributed by atoms with E-state index in [0.717, 1.165) is 13.2 Å². The molecule has 0 fully saturated rings. The van der Waals surface area contributed by atoms with Crippen LogP contribution in [-0.4, -0.2) is 36.3 Å². The van der Waals surface area contributed by atoms with Crippen LogP contribution in [0.2, 0.25) is 0 Å². The number of ether oxygens (including phenoxy) is 1. The van der Waals surface area contributed by atoms with E-state index in [2.05, 4.69) is 0 Å². The van der Waals surface area contributed by atoms with E-state index in [1.165, 1.54) is 0 Å². The van der Waals surface area contributed by atoms with Gasteiger partial charge in [0.15, 0.2) is 0 Å². The van der Waals surface area contributed by atoms with E-state index < -0.39 is 0 Å². The third kappa shape index (κ3) is 19.0.